The van der Waals surface area contributed by atoms with Gasteiger partial charge in [0.25, 0.3) is 5.56 Å². The van der Waals surface area contributed by atoms with Crippen LogP contribution in [0.2, 0.25) is 0 Å². The van der Waals surface area contributed by atoms with Gasteiger partial charge in [0.05, 0.1) is 33.2 Å². The molecule has 0 N–H and O–H groups in total. The van der Waals surface area contributed by atoms with Crippen LogP contribution >= 0.6 is 23.1 Å². The number of fused-ring (bicyclic) bond motifs is 1. The Bertz CT molecular complexity index is 2070. The molecule has 0 saturated carbocycles. The summed E-state index contributed by atoms with van der Waals surface area (Å²) in [6.45, 7) is 7.54. The molecule has 44 heavy (non-hydrogen) atoms. The minimum atomic E-state index is -0.690. The maximum atomic E-state index is 14.2. The second-order valence-corrected chi connectivity index (χ2v) is 12.2. The average molecular weight is 619 g/mol. The lowest BCUT2D eigenvalue weighted by molar-refractivity contribution is -0.138. The third-order valence-corrected chi connectivity index (χ3v) is 9.11. The smallest absolute Gasteiger partial charge is 0.338 e. The van der Waals surface area contributed by atoms with Crippen molar-refractivity contribution in [2.75, 3.05) is 12.9 Å². The zero-order chi connectivity index (χ0) is 30.8. The van der Waals surface area contributed by atoms with E-state index >= 15 is 0 Å². The van der Waals surface area contributed by atoms with Crippen molar-refractivity contribution in [2.45, 2.75) is 24.8 Å². The van der Waals surface area contributed by atoms with Crippen molar-refractivity contribution < 1.29 is 9.53 Å². The molecule has 5 aromatic rings. The third kappa shape index (κ3) is 5.64. The molecular weight excluding hydrogens is 589 g/mol. The zero-order valence-corrected chi connectivity index (χ0v) is 26.2. The van der Waals surface area contributed by atoms with Gasteiger partial charge < -0.3 is 4.74 Å². The summed E-state index contributed by atoms with van der Waals surface area (Å²) in [5.41, 5.74) is 5.97. The fraction of sp³-hybridized carbons (Fsp3) is 0.143. The Morgan fingerprint density at radius 1 is 1.05 bits per heavy atom. The Hall–Kier alpha value is -4.73. The molecule has 1 aliphatic rings. The third-order valence-electron chi connectivity index (χ3n) is 7.38. The summed E-state index contributed by atoms with van der Waals surface area (Å²) in [6.07, 6.45) is 7.33. The van der Waals surface area contributed by atoms with Crippen molar-refractivity contribution in [3.8, 4) is 16.9 Å². The quantitative estimate of drug-likeness (QED) is 0.124. The Morgan fingerprint density at radius 2 is 1.77 bits per heavy atom. The highest BCUT2D eigenvalue weighted by molar-refractivity contribution is 7.98. The number of ether oxygens (including phenoxy) is 1. The van der Waals surface area contributed by atoms with Gasteiger partial charge in [-0.15, -0.1) is 11.8 Å². The monoisotopic (exact) mass is 618 g/mol. The minimum absolute atomic E-state index is 0.0609. The highest BCUT2D eigenvalue weighted by Gasteiger charge is 2.33. The summed E-state index contributed by atoms with van der Waals surface area (Å²) in [5.74, 6) is -0.523. The lowest BCUT2D eigenvalue weighted by Gasteiger charge is -2.24. The normalized spacial score (nSPS) is 14.7. The number of hydrogen-bond donors (Lipinski definition) is 0. The van der Waals surface area contributed by atoms with Crippen LogP contribution in [-0.2, 0) is 9.53 Å². The Labute approximate surface area is 263 Å². The van der Waals surface area contributed by atoms with Gasteiger partial charge >= 0.3 is 5.97 Å². The number of carbonyl (C=O) groups is 1. The van der Waals surface area contributed by atoms with E-state index in [1.807, 2.05) is 109 Å². The number of esters is 1. The van der Waals surface area contributed by atoms with Crippen molar-refractivity contribution >= 4 is 35.1 Å². The van der Waals surface area contributed by atoms with Crippen LogP contribution in [0.5, 0.6) is 0 Å². The highest BCUT2D eigenvalue weighted by Crippen LogP contribution is 2.32. The van der Waals surface area contributed by atoms with Gasteiger partial charge in [-0.1, -0.05) is 84.2 Å². The Balaban J connectivity index is 1.54. The molecule has 3 heterocycles. The SMILES string of the molecule is C=CCOC(=O)C1=C(C)N=c2sc(=Cc3cn(-c4ccccc4)nc3-c3ccc(C)cc3)c(=O)n2C1c1ccc(SC)cc1. The van der Waals surface area contributed by atoms with E-state index < -0.39 is 12.0 Å². The van der Waals surface area contributed by atoms with E-state index in [-0.39, 0.29) is 12.2 Å². The van der Waals surface area contributed by atoms with Gasteiger partial charge in [-0.3, -0.25) is 9.36 Å². The summed E-state index contributed by atoms with van der Waals surface area (Å²) in [5, 5.41) is 4.92. The van der Waals surface area contributed by atoms with Gasteiger partial charge in [0, 0.05) is 22.2 Å². The molecule has 1 unspecified atom stereocenters. The molecule has 0 radical (unpaired) electrons. The summed E-state index contributed by atoms with van der Waals surface area (Å²) in [7, 11) is 0. The number of hydrogen-bond acceptors (Lipinski definition) is 7. The first kappa shape index (κ1) is 29.3. The van der Waals surface area contributed by atoms with E-state index in [0.717, 1.165) is 38.5 Å². The van der Waals surface area contributed by atoms with Crippen molar-refractivity contribution in [3.05, 3.63) is 145 Å². The van der Waals surface area contributed by atoms with Crippen molar-refractivity contribution in [2.24, 2.45) is 4.99 Å². The number of thiazole rings is 1. The first-order chi connectivity index (χ1) is 21.4. The fourth-order valence-corrected chi connectivity index (χ4v) is 6.63. The van der Waals surface area contributed by atoms with E-state index in [0.29, 0.717) is 20.6 Å². The van der Waals surface area contributed by atoms with Gasteiger partial charge in [-0.25, -0.2) is 14.5 Å². The molecule has 3 aromatic carbocycles. The molecule has 9 heteroatoms. The second-order valence-electron chi connectivity index (χ2n) is 10.3. The topological polar surface area (TPSA) is 78.5 Å². The molecule has 7 nitrogen and oxygen atoms in total. The number of para-hydroxylation sites is 1. The maximum absolute atomic E-state index is 14.2. The number of nitrogens with zero attached hydrogens (tertiary/aromatic N) is 4. The van der Waals surface area contributed by atoms with Crippen LogP contribution in [0, 0.1) is 6.92 Å². The van der Waals surface area contributed by atoms with Crippen LogP contribution in [0.15, 0.2) is 124 Å². The molecule has 2 aromatic heterocycles. The van der Waals surface area contributed by atoms with Gasteiger partial charge in [0.15, 0.2) is 4.80 Å². The number of aromatic nitrogens is 3. The van der Waals surface area contributed by atoms with E-state index in [4.69, 9.17) is 14.8 Å². The molecule has 0 amide bonds. The summed E-state index contributed by atoms with van der Waals surface area (Å²) < 4.78 is 9.38. The fourth-order valence-electron chi connectivity index (χ4n) is 5.18. The molecule has 1 atom stereocenters. The maximum Gasteiger partial charge on any atom is 0.338 e. The van der Waals surface area contributed by atoms with Crippen LogP contribution < -0.4 is 14.9 Å². The number of rotatable bonds is 8. The number of benzene rings is 3. The van der Waals surface area contributed by atoms with Crippen LogP contribution in [0.1, 0.15) is 29.7 Å². The number of thioether (sulfide) groups is 1. The molecule has 6 rings (SSSR count). The zero-order valence-electron chi connectivity index (χ0n) is 24.6. The van der Waals surface area contributed by atoms with E-state index in [9.17, 15) is 9.59 Å². The van der Waals surface area contributed by atoms with Crippen molar-refractivity contribution in [1.29, 1.82) is 0 Å². The molecule has 0 saturated heterocycles. The Kier molecular flexibility index (Phi) is 8.32. The molecule has 1 aliphatic heterocycles. The van der Waals surface area contributed by atoms with E-state index in [2.05, 4.69) is 6.58 Å². The summed E-state index contributed by atoms with van der Waals surface area (Å²) in [6, 6.07) is 25.2. The predicted octanol–water partition coefficient (Wildman–Crippen LogP) is 5.85. The first-order valence-corrected chi connectivity index (χ1v) is 16.1. The van der Waals surface area contributed by atoms with Crippen LogP contribution in [-0.4, -0.2) is 33.2 Å². The van der Waals surface area contributed by atoms with Gasteiger partial charge in [-0.2, -0.15) is 5.10 Å². The summed E-state index contributed by atoms with van der Waals surface area (Å²) >= 11 is 2.92. The molecule has 0 spiro atoms. The minimum Gasteiger partial charge on any atom is -0.458 e. The number of aryl methyl sites for hydroxylation is 1. The molecular formula is C35H30N4O3S2. The van der Waals surface area contributed by atoms with Crippen LogP contribution in [0.4, 0.5) is 0 Å². The van der Waals surface area contributed by atoms with Crippen LogP contribution in [0.25, 0.3) is 23.0 Å². The first-order valence-electron chi connectivity index (χ1n) is 14.0. The second kappa shape index (κ2) is 12.5. The van der Waals surface area contributed by atoms with Crippen molar-refractivity contribution in [1.82, 2.24) is 14.3 Å². The Morgan fingerprint density at radius 3 is 2.45 bits per heavy atom. The van der Waals surface area contributed by atoms with Gasteiger partial charge in [0.2, 0.25) is 0 Å². The molecule has 220 valence electrons. The van der Waals surface area contributed by atoms with Gasteiger partial charge in [0.1, 0.15) is 6.61 Å². The largest absolute Gasteiger partial charge is 0.458 e. The summed E-state index contributed by atoms with van der Waals surface area (Å²) in [4.78, 5) is 33.9. The van der Waals surface area contributed by atoms with Gasteiger partial charge in [-0.05, 0) is 56.0 Å². The van der Waals surface area contributed by atoms with E-state index in [1.54, 1.807) is 23.3 Å². The van der Waals surface area contributed by atoms with E-state index in [1.165, 1.54) is 17.4 Å². The average Bonchev–Trinajstić information content (AvgIpc) is 3.60. The molecule has 0 fully saturated rings. The highest BCUT2D eigenvalue weighted by atomic mass is 32.2. The molecule has 0 bridgehead atoms. The predicted molar refractivity (Wildman–Crippen MR) is 177 cm³/mol. The molecule has 0 aliphatic carbocycles. The lowest BCUT2D eigenvalue weighted by Crippen LogP contribution is -2.39. The standard InChI is InChI=1S/C35H30N4O3S2/c1-5-19-42-34(41)30-23(3)36-35-39(32(30)25-15-17-28(43-4)18-16-25)33(40)29(44-35)20-26-21-38(27-9-7-6-8-10-27)37-31(26)24-13-11-22(2)12-14-24/h5-18,20-21,32H,1,19H2,2-4H3. The van der Waals surface area contributed by atoms with Crippen LogP contribution in [0.3, 0.4) is 0 Å². The number of carbonyl (C=O) groups excluding carboxylic acids is 1. The lowest BCUT2D eigenvalue weighted by atomic mass is 9.96. The van der Waals surface area contributed by atoms with Crippen molar-refractivity contribution in [3.63, 3.8) is 0 Å². The number of allylic oxidation sites excluding steroid dienone is 1.